The van der Waals surface area contributed by atoms with Crippen molar-refractivity contribution < 1.29 is 0 Å². The predicted molar refractivity (Wildman–Crippen MR) is 86.6 cm³/mol. The normalized spacial score (nSPS) is 10.9. The first-order chi connectivity index (χ1) is 9.56. The van der Waals surface area contributed by atoms with E-state index in [1.165, 1.54) is 0 Å². The van der Waals surface area contributed by atoms with Gasteiger partial charge in [0.25, 0.3) is 0 Å². The molecule has 0 amide bonds. The second kappa shape index (κ2) is 8.74. The molecule has 0 spiro atoms. The fourth-order valence-electron chi connectivity index (χ4n) is 1.82. The summed E-state index contributed by atoms with van der Waals surface area (Å²) in [5.74, 6) is 2.88. The highest BCUT2D eigenvalue weighted by Gasteiger charge is 2.08. The van der Waals surface area contributed by atoms with Crippen molar-refractivity contribution in [3.63, 3.8) is 0 Å². The Labute approximate surface area is 123 Å². The Morgan fingerprint density at radius 3 is 2.40 bits per heavy atom. The molecule has 5 nitrogen and oxygen atoms in total. The van der Waals surface area contributed by atoms with Crippen LogP contribution in [0, 0.1) is 0 Å². The fraction of sp³-hybridized carbons (Fsp3) is 0.733. The molecule has 0 saturated carbocycles. The third-order valence-electron chi connectivity index (χ3n) is 3.06. The molecule has 0 aromatic carbocycles. The first kappa shape index (κ1) is 16.7. The first-order valence-corrected chi connectivity index (χ1v) is 7.54. The minimum atomic E-state index is 0.927. The standard InChI is InChI=1S/C15H29N5/c1-6-8-13-17-14(16-9-7-2)12-15(18-13)20(5)11-10-19(3)4/h12H,6-11H2,1-5H3,(H,16,17,18). The van der Waals surface area contributed by atoms with Gasteiger partial charge in [-0.3, -0.25) is 0 Å². The highest BCUT2D eigenvalue weighted by Crippen LogP contribution is 2.15. The van der Waals surface area contributed by atoms with Crippen LogP contribution in [0.25, 0.3) is 0 Å². The van der Waals surface area contributed by atoms with Gasteiger partial charge in [-0.1, -0.05) is 13.8 Å². The molecular formula is C15H29N5. The number of hydrogen-bond donors (Lipinski definition) is 1. The molecule has 0 bridgehead atoms. The van der Waals surface area contributed by atoms with Crippen LogP contribution < -0.4 is 10.2 Å². The third kappa shape index (κ3) is 5.74. The zero-order chi connectivity index (χ0) is 15.0. The van der Waals surface area contributed by atoms with Crippen LogP contribution in [0.4, 0.5) is 11.6 Å². The number of likely N-dealkylation sites (N-methyl/N-ethyl adjacent to an activating group) is 2. The van der Waals surface area contributed by atoms with Gasteiger partial charge in [-0.05, 0) is 26.9 Å². The highest BCUT2D eigenvalue weighted by atomic mass is 15.2. The average molecular weight is 279 g/mol. The van der Waals surface area contributed by atoms with Crippen LogP contribution in [0.2, 0.25) is 0 Å². The SMILES string of the molecule is CCCNc1cc(N(C)CCN(C)C)nc(CCC)n1. The van der Waals surface area contributed by atoms with Crippen LogP contribution >= 0.6 is 0 Å². The molecule has 5 heteroatoms. The van der Waals surface area contributed by atoms with Crippen molar-refractivity contribution >= 4 is 11.6 Å². The average Bonchev–Trinajstić information content (AvgIpc) is 2.42. The van der Waals surface area contributed by atoms with E-state index in [2.05, 4.69) is 60.1 Å². The summed E-state index contributed by atoms with van der Waals surface area (Å²) in [4.78, 5) is 13.6. The molecule has 1 rings (SSSR count). The molecule has 1 N–H and O–H groups in total. The molecule has 0 unspecified atom stereocenters. The van der Waals surface area contributed by atoms with Crippen LogP contribution in [0.1, 0.15) is 32.5 Å². The van der Waals surface area contributed by atoms with E-state index in [9.17, 15) is 0 Å². The number of hydrogen-bond acceptors (Lipinski definition) is 5. The number of aryl methyl sites for hydroxylation is 1. The second-order valence-electron chi connectivity index (χ2n) is 5.43. The molecule has 1 aromatic heterocycles. The van der Waals surface area contributed by atoms with Crippen molar-refractivity contribution in [3.05, 3.63) is 11.9 Å². The molecule has 0 fully saturated rings. The lowest BCUT2D eigenvalue weighted by Gasteiger charge is -2.21. The van der Waals surface area contributed by atoms with Gasteiger partial charge in [0.15, 0.2) is 0 Å². The third-order valence-corrected chi connectivity index (χ3v) is 3.06. The van der Waals surface area contributed by atoms with Crippen molar-refractivity contribution in [1.29, 1.82) is 0 Å². The van der Waals surface area contributed by atoms with Gasteiger partial charge in [0.05, 0.1) is 0 Å². The van der Waals surface area contributed by atoms with Crippen LogP contribution in [0.5, 0.6) is 0 Å². The lowest BCUT2D eigenvalue weighted by Crippen LogP contribution is -2.29. The number of nitrogens with one attached hydrogen (secondary N) is 1. The number of anilines is 2. The van der Waals surface area contributed by atoms with E-state index in [1.54, 1.807) is 0 Å². The van der Waals surface area contributed by atoms with Crippen molar-refractivity contribution in [2.75, 3.05) is 51.0 Å². The Morgan fingerprint density at radius 1 is 1.05 bits per heavy atom. The molecule has 0 saturated heterocycles. The second-order valence-corrected chi connectivity index (χ2v) is 5.43. The quantitative estimate of drug-likeness (QED) is 0.751. The van der Waals surface area contributed by atoms with Crippen LogP contribution in [0.3, 0.4) is 0 Å². The topological polar surface area (TPSA) is 44.3 Å². The summed E-state index contributed by atoms with van der Waals surface area (Å²) >= 11 is 0. The van der Waals surface area contributed by atoms with Gasteiger partial charge < -0.3 is 15.1 Å². The van der Waals surface area contributed by atoms with Gasteiger partial charge >= 0.3 is 0 Å². The fourth-order valence-corrected chi connectivity index (χ4v) is 1.82. The Morgan fingerprint density at radius 2 is 1.80 bits per heavy atom. The summed E-state index contributed by atoms with van der Waals surface area (Å²) in [6.45, 7) is 7.24. The minimum absolute atomic E-state index is 0.927. The predicted octanol–water partition coefficient (Wildman–Crippen LogP) is 2.25. The van der Waals surface area contributed by atoms with Crippen LogP contribution in [-0.2, 0) is 6.42 Å². The molecule has 0 aliphatic heterocycles. The molecule has 0 aliphatic rings. The van der Waals surface area contributed by atoms with Gasteiger partial charge in [0, 0.05) is 39.2 Å². The van der Waals surface area contributed by atoms with Gasteiger partial charge in [0.2, 0.25) is 0 Å². The Hall–Kier alpha value is -1.36. The van der Waals surface area contributed by atoms with Crippen LogP contribution in [-0.4, -0.2) is 55.6 Å². The summed E-state index contributed by atoms with van der Waals surface area (Å²) in [6.07, 6.45) is 3.09. The van der Waals surface area contributed by atoms with Crippen molar-refractivity contribution in [2.24, 2.45) is 0 Å². The Balaban J connectivity index is 2.83. The summed E-state index contributed by atoms with van der Waals surface area (Å²) < 4.78 is 0. The Bertz CT molecular complexity index is 392. The maximum Gasteiger partial charge on any atom is 0.134 e. The lowest BCUT2D eigenvalue weighted by atomic mass is 10.3. The van der Waals surface area contributed by atoms with E-state index < -0.39 is 0 Å². The van der Waals surface area contributed by atoms with Crippen molar-refractivity contribution in [1.82, 2.24) is 14.9 Å². The molecule has 0 atom stereocenters. The van der Waals surface area contributed by atoms with Crippen LogP contribution in [0.15, 0.2) is 6.07 Å². The van der Waals surface area contributed by atoms with Gasteiger partial charge in [-0.15, -0.1) is 0 Å². The minimum Gasteiger partial charge on any atom is -0.370 e. The van der Waals surface area contributed by atoms with Crippen molar-refractivity contribution in [2.45, 2.75) is 33.1 Å². The summed E-state index contributed by atoms with van der Waals surface area (Å²) in [5, 5.41) is 3.37. The van der Waals surface area contributed by atoms with Gasteiger partial charge in [0.1, 0.15) is 17.5 Å². The first-order valence-electron chi connectivity index (χ1n) is 7.54. The molecule has 0 aliphatic carbocycles. The molecule has 0 radical (unpaired) electrons. The summed E-state index contributed by atoms with van der Waals surface area (Å²) in [5.41, 5.74) is 0. The zero-order valence-electron chi connectivity index (χ0n) is 13.6. The van der Waals surface area contributed by atoms with E-state index in [1.807, 2.05) is 6.07 Å². The van der Waals surface area contributed by atoms with E-state index in [0.717, 1.165) is 56.4 Å². The Kier molecular flexibility index (Phi) is 7.30. The largest absolute Gasteiger partial charge is 0.370 e. The molecule has 1 aromatic rings. The lowest BCUT2D eigenvalue weighted by molar-refractivity contribution is 0.416. The van der Waals surface area contributed by atoms with E-state index >= 15 is 0 Å². The highest BCUT2D eigenvalue weighted by molar-refractivity contribution is 5.49. The van der Waals surface area contributed by atoms with Gasteiger partial charge in [-0.2, -0.15) is 0 Å². The van der Waals surface area contributed by atoms with E-state index in [-0.39, 0.29) is 0 Å². The zero-order valence-corrected chi connectivity index (χ0v) is 13.6. The maximum atomic E-state index is 4.67. The number of rotatable bonds is 9. The van der Waals surface area contributed by atoms with E-state index in [0.29, 0.717) is 0 Å². The number of aromatic nitrogens is 2. The van der Waals surface area contributed by atoms with Gasteiger partial charge in [-0.25, -0.2) is 9.97 Å². The van der Waals surface area contributed by atoms with Crippen molar-refractivity contribution in [3.8, 4) is 0 Å². The summed E-state index contributed by atoms with van der Waals surface area (Å²) in [7, 11) is 6.26. The molecule has 20 heavy (non-hydrogen) atoms. The monoisotopic (exact) mass is 279 g/mol. The number of nitrogens with zero attached hydrogens (tertiary/aromatic N) is 4. The molecular weight excluding hydrogens is 250 g/mol. The molecule has 1 heterocycles. The van der Waals surface area contributed by atoms with E-state index in [4.69, 9.17) is 0 Å². The molecule has 114 valence electrons. The smallest absolute Gasteiger partial charge is 0.134 e. The maximum absolute atomic E-state index is 4.67. The summed E-state index contributed by atoms with van der Waals surface area (Å²) in [6, 6.07) is 2.05.